The summed E-state index contributed by atoms with van der Waals surface area (Å²) in [6.45, 7) is 8.95. The third kappa shape index (κ3) is 4.96. The van der Waals surface area contributed by atoms with Gasteiger partial charge in [0.15, 0.2) is 11.5 Å². The number of benzene rings is 1. The summed E-state index contributed by atoms with van der Waals surface area (Å²) in [5.74, 6) is 2.19. The molecule has 0 aliphatic carbocycles. The van der Waals surface area contributed by atoms with Gasteiger partial charge < -0.3 is 15.2 Å². The van der Waals surface area contributed by atoms with Gasteiger partial charge in [-0.1, -0.05) is 13.0 Å². The average molecular weight is 525 g/mol. The molecule has 5 aromatic rings. The first kappa shape index (κ1) is 25.0. The number of rotatable bonds is 8. The van der Waals surface area contributed by atoms with Crippen molar-refractivity contribution in [3.63, 3.8) is 0 Å². The van der Waals surface area contributed by atoms with Crippen LogP contribution in [0.1, 0.15) is 37.3 Å². The minimum absolute atomic E-state index is 0.121. The van der Waals surface area contributed by atoms with Gasteiger partial charge in [0.25, 0.3) is 0 Å². The maximum atomic E-state index is 10.4. The lowest BCUT2D eigenvalue weighted by Crippen LogP contribution is -2.49. The lowest BCUT2D eigenvalue weighted by atomic mass is 9.91. The minimum atomic E-state index is -0.290. The summed E-state index contributed by atoms with van der Waals surface area (Å²) in [5.41, 5.74) is 4.66. The van der Waals surface area contributed by atoms with Crippen molar-refractivity contribution in [2.75, 3.05) is 5.32 Å². The Morgan fingerprint density at radius 3 is 2.72 bits per heavy atom. The monoisotopic (exact) mass is 524 g/mol. The van der Waals surface area contributed by atoms with Gasteiger partial charge in [-0.05, 0) is 67.6 Å². The fraction of sp³-hybridized carbons (Fsp3) is 0.310. The van der Waals surface area contributed by atoms with E-state index in [-0.39, 0.29) is 18.2 Å². The van der Waals surface area contributed by atoms with Gasteiger partial charge in [0.1, 0.15) is 29.7 Å². The third-order valence-corrected chi connectivity index (χ3v) is 7.50. The van der Waals surface area contributed by atoms with Crippen LogP contribution in [0.5, 0.6) is 11.5 Å². The maximum absolute atomic E-state index is 10.4. The normalized spacial score (nSPS) is 19.9. The van der Waals surface area contributed by atoms with Gasteiger partial charge in [0.05, 0.1) is 6.10 Å². The molecule has 0 saturated carbocycles. The van der Waals surface area contributed by atoms with E-state index < -0.39 is 0 Å². The van der Waals surface area contributed by atoms with Crippen LogP contribution in [-0.4, -0.2) is 57.4 Å². The summed E-state index contributed by atoms with van der Waals surface area (Å²) < 4.78 is 9.69. The Kier molecular flexibility index (Phi) is 6.72. The number of ether oxygens (including phenoxy) is 1. The topological polar surface area (TPSA) is 105 Å². The number of fused-ring (bicyclic) bond motifs is 2. The molecule has 0 bridgehead atoms. The maximum Gasteiger partial charge on any atom is 0.158 e. The highest BCUT2D eigenvalue weighted by atomic mass is 16.5. The van der Waals surface area contributed by atoms with E-state index in [0.29, 0.717) is 12.2 Å². The van der Waals surface area contributed by atoms with E-state index in [2.05, 4.69) is 50.0 Å². The van der Waals surface area contributed by atoms with E-state index in [1.807, 2.05) is 60.2 Å². The van der Waals surface area contributed by atoms with Gasteiger partial charge in [0.2, 0.25) is 0 Å². The number of aryl methyl sites for hydroxylation is 1. The Hall–Kier alpha value is -4.28. The van der Waals surface area contributed by atoms with Gasteiger partial charge >= 0.3 is 0 Å². The fourth-order valence-corrected chi connectivity index (χ4v) is 5.51. The van der Waals surface area contributed by atoms with Crippen LogP contribution in [-0.2, 0) is 6.54 Å². The van der Waals surface area contributed by atoms with E-state index in [9.17, 15) is 5.11 Å². The summed E-state index contributed by atoms with van der Waals surface area (Å²) in [6.07, 6.45) is 11.0. The second kappa shape index (κ2) is 10.5. The number of anilines is 2. The van der Waals surface area contributed by atoms with Crippen LogP contribution in [0, 0.1) is 6.92 Å². The van der Waals surface area contributed by atoms with E-state index in [4.69, 9.17) is 4.74 Å². The van der Waals surface area contributed by atoms with Crippen molar-refractivity contribution in [1.29, 1.82) is 0 Å². The van der Waals surface area contributed by atoms with Crippen LogP contribution < -0.4 is 10.1 Å². The molecule has 1 fully saturated rings. The predicted molar refractivity (Wildman–Crippen MR) is 149 cm³/mol. The molecule has 0 amide bonds. The zero-order valence-electron chi connectivity index (χ0n) is 22.1. The smallest absolute Gasteiger partial charge is 0.158 e. The molecule has 10 nitrogen and oxygen atoms in total. The molecule has 6 rings (SSSR count). The molecular formula is C29H32N8O2. The van der Waals surface area contributed by atoms with Crippen molar-refractivity contribution < 1.29 is 9.84 Å². The lowest BCUT2D eigenvalue weighted by Gasteiger charge is -2.42. The van der Waals surface area contributed by atoms with Crippen molar-refractivity contribution in [1.82, 2.24) is 34.1 Å². The molecule has 200 valence electrons. The molecule has 1 aliphatic heterocycles. The van der Waals surface area contributed by atoms with Crippen LogP contribution in [0.15, 0.2) is 74.1 Å². The zero-order chi connectivity index (χ0) is 26.9. The molecule has 0 spiro atoms. The van der Waals surface area contributed by atoms with Crippen molar-refractivity contribution in [3.8, 4) is 11.5 Å². The Labute approximate surface area is 226 Å². The minimum Gasteiger partial charge on any atom is -0.457 e. The molecule has 2 N–H and O–H groups in total. The number of piperidine rings is 1. The molecule has 0 radical (unpaired) electrons. The molecule has 3 atom stereocenters. The van der Waals surface area contributed by atoms with Crippen molar-refractivity contribution in [3.05, 3.63) is 85.2 Å². The second-order valence-corrected chi connectivity index (χ2v) is 10.0. The third-order valence-electron chi connectivity index (χ3n) is 7.50. The molecular weight excluding hydrogens is 492 g/mol. The first-order valence-electron chi connectivity index (χ1n) is 13.2. The SMILES string of the molecule is C=CC1C[C@@H](O)C[C@H](CC)N1Cc1ccn2ncnc(Nc3ccc(Oc4ccn5ncnc5c4)c(C)c3)c12. The van der Waals surface area contributed by atoms with Crippen LogP contribution >= 0.6 is 0 Å². The van der Waals surface area contributed by atoms with Gasteiger partial charge in [-0.3, -0.25) is 4.90 Å². The van der Waals surface area contributed by atoms with Crippen molar-refractivity contribution >= 4 is 22.7 Å². The Bertz CT molecular complexity index is 1630. The fourth-order valence-electron chi connectivity index (χ4n) is 5.51. The standard InChI is InChI=1S/C29H32N8O2/c1-4-22-13-24(38)14-23(5-2)35(22)16-20-8-10-37-28(20)29(31-18-33-37)34-21-6-7-26(19(3)12-21)39-25-9-11-36-27(15-25)30-17-32-36/h4,6-12,15,17-18,22-24,38H,1,5,13-14,16H2,2-3H3,(H,31,33,34)/t22?,23-,24+/m0/s1. The number of hydrogen-bond donors (Lipinski definition) is 2. The van der Waals surface area contributed by atoms with Gasteiger partial charge in [-0.15, -0.1) is 6.58 Å². The lowest BCUT2D eigenvalue weighted by molar-refractivity contribution is 0.0106. The van der Waals surface area contributed by atoms with Crippen molar-refractivity contribution in [2.24, 2.45) is 0 Å². The first-order valence-corrected chi connectivity index (χ1v) is 13.2. The summed E-state index contributed by atoms with van der Waals surface area (Å²) in [7, 11) is 0. The summed E-state index contributed by atoms with van der Waals surface area (Å²) in [6, 6.07) is 12.2. The van der Waals surface area contributed by atoms with Gasteiger partial charge in [0, 0.05) is 42.8 Å². The molecule has 10 heteroatoms. The molecule has 1 unspecified atom stereocenters. The second-order valence-electron chi connectivity index (χ2n) is 10.0. The number of likely N-dealkylation sites (tertiary alicyclic amines) is 1. The highest BCUT2D eigenvalue weighted by Crippen LogP contribution is 2.32. The van der Waals surface area contributed by atoms with E-state index in [0.717, 1.165) is 58.9 Å². The van der Waals surface area contributed by atoms with Gasteiger partial charge in [-0.25, -0.2) is 19.0 Å². The molecule has 5 heterocycles. The Morgan fingerprint density at radius 1 is 1.08 bits per heavy atom. The Balaban J connectivity index is 1.25. The number of aliphatic hydroxyl groups is 1. The zero-order valence-corrected chi connectivity index (χ0v) is 22.1. The van der Waals surface area contributed by atoms with Crippen LogP contribution in [0.4, 0.5) is 11.5 Å². The molecule has 4 aromatic heterocycles. The van der Waals surface area contributed by atoms with Crippen LogP contribution in [0.3, 0.4) is 0 Å². The Morgan fingerprint density at radius 2 is 1.90 bits per heavy atom. The van der Waals surface area contributed by atoms with E-state index in [1.54, 1.807) is 10.8 Å². The number of nitrogens with one attached hydrogen (secondary N) is 1. The number of aliphatic hydroxyl groups excluding tert-OH is 1. The molecule has 1 aliphatic rings. The average Bonchev–Trinajstić information content (AvgIpc) is 3.58. The number of hydrogen-bond acceptors (Lipinski definition) is 8. The van der Waals surface area contributed by atoms with Crippen molar-refractivity contribution in [2.45, 2.75) is 57.8 Å². The number of aromatic nitrogens is 6. The first-order chi connectivity index (χ1) is 19.0. The van der Waals surface area contributed by atoms with Crippen LogP contribution in [0.25, 0.3) is 11.2 Å². The quantitative estimate of drug-likeness (QED) is 0.276. The van der Waals surface area contributed by atoms with E-state index in [1.165, 1.54) is 6.33 Å². The number of pyridine rings is 1. The summed E-state index contributed by atoms with van der Waals surface area (Å²) in [4.78, 5) is 11.3. The van der Waals surface area contributed by atoms with Gasteiger partial charge in [-0.2, -0.15) is 10.2 Å². The number of nitrogens with zero attached hydrogens (tertiary/aromatic N) is 7. The largest absolute Gasteiger partial charge is 0.457 e. The van der Waals surface area contributed by atoms with Crippen LogP contribution in [0.2, 0.25) is 0 Å². The predicted octanol–water partition coefficient (Wildman–Crippen LogP) is 4.91. The summed E-state index contributed by atoms with van der Waals surface area (Å²) >= 11 is 0. The van der Waals surface area contributed by atoms with E-state index >= 15 is 0 Å². The molecule has 1 aromatic carbocycles. The highest BCUT2D eigenvalue weighted by molar-refractivity contribution is 5.76. The molecule has 39 heavy (non-hydrogen) atoms. The highest BCUT2D eigenvalue weighted by Gasteiger charge is 2.33. The summed E-state index contributed by atoms with van der Waals surface area (Å²) in [5, 5.41) is 22.4. The molecule has 1 saturated heterocycles.